The Balaban J connectivity index is 2.09. The lowest BCUT2D eigenvalue weighted by Gasteiger charge is -2.41. The number of aromatic carboxylic acids is 1. The quantitative estimate of drug-likeness (QED) is 0.783. The van der Waals surface area contributed by atoms with E-state index in [9.17, 15) is 14.7 Å². The predicted molar refractivity (Wildman–Crippen MR) is 76.8 cm³/mol. The first-order valence-electron chi connectivity index (χ1n) is 6.39. The molecule has 1 aromatic carbocycles. The van der Waals surface area contributed by atoms with Gasteiger partial charge < -0.3 is 15.5 Å². The van der Waals surface area contributed by atoms with Crippen molar-refractivity contribution < 1.29 is 19.8 Å². The maximum absolute atomic E-state index is 12.1. The molecule has 6 heteroatoms. The highest BCUT2D eigenvalue weighted by Crippen LogP contribution is 2.34. The van der Waals surface area contributed by atoms with Crippen molar-refractivity contribution in [3.63, 3.8) is 0 Å². The average Bonchev–Trinajstić information content (AvgIpc) is 2.35. The molecule has 1 aliphatic rings. The van der Waals surface area contributed by atoms with Crippen LogP contribution in [0.2, 0.25) is 0 Å². The lowest BCUT2D eigenvalue weighted by Crippen LogP contribution is -2.55. The van der Waals surface area contributed by atoms with Gasteiger partial charge in [-0.15, -0.1) is 0 Å². The summed E-state index contributed by atoms with van der Waals surface area (Å²) >= 11 is 3.14. The molecule has 0 heterocycles. The van der Waals surface area contributed by atoms with Gasteiger partial charge in [0.25, 0.3) is 5.91 Å². The van der Waals surface area contributed by atoms with E-state index in [1.165, 1.54) is 18.2 Å². The lowest BCUT2D eigenvalue weighted by molar-refractivity contribution is -0.0578. The first kappa shape index (κ1) is 15.0. The van der Waals surface area contributed by atoms with E-state index >= 15 is 0 Å². The molecule has 1 unspecified atom stereocenters. The average molecular weight is 342 g/mol. The molecule has 1 saturated carbocycles. The Morgan fingerprint density at radius 1 is 1.40 bits per heavy atom. The second kappa shape index (κ2) is 5.54. The molecule has 1 fully saturated rings. The molecule has 0 bridgehead atoms. The molecule has 1 aliphatic carbocycles. The first-order chi connectivity index (χ1) is 9.33. The molecule has 0 saturated heterocycles. The zero-order chi connectivity index (χ0) is 14.9. The number of hydrogen-bond donors (Lipinski definition) is 3. The van der Waals surface area contributed by atoms with Crippen molar-refractivity contribution in [2.24, 2.45) is 0 Å². The third kappa shape index (κ3) is 2.86. The van der Waals surface area contributed by atoms with Crippen LogP contribution >= 0.6 is 15.9 Å². The standard InChI is InChI=1S/C14H16BrNO4/c1-8(14(20)5-2-6-14)16-12(17)9-3-4-10(13(18)19)11(15)7-9/h3-4,7-8,20H,2,5-6H2,1H3,(H,16,17)(H,18,19). The normalized spacial score (nSPS) is 17.9. The summed E-state index contributed by atoms with van der Waals surface area (Å²) in [7, 11) is 0. The van der Waals surface area contributed by atoms with Crippen LogP contribution in [0, 0.1) is 0 Å². The number of halogens is 1. The maximum atomic E-state index is 12.1. The van der Waals surface area contributed by atoms with Gasteiger partial charge in [-0.25, -0.2) is 4.79 Å². The summed E-state index contributed by atoms with van der Waals surface area (Å²) in [6.07, 6.45) is 2.35. The minimum absolute atomic E-state index is 0.104. The maximum Gasteiger partial charge on any atom is 0.336 e. The van der Waals surface area contributed by atoms with Crippen molar-refractivity contribution in [2.75, 3.05) is 0 Å². The Kier molecular flexibility index (Phi) is 4.15. The molecule has 0 radical (unpaired) electrons. The summed E-state index contributed by atoms with van der Waals surface area (Å²) in [5.41, 5.74) is -0.350. The van der Waals surface area contributed by atoms with Crippen LogP contribution in [-0.2, 0) is 0 Å². The molecule has 0 spiro atoms. The minimum Gasteiger partial charge on any atom is -0.478 e. The Labute approximate surface area is 125 Å². The second-order valence-electron chi connectivity index (χ2n) is 5.15. The molecule has 2 rings (SSSR count). The zero-order valence-corrected chi connectivity index (χ0v) is 12.6. The topological polar surface area (TPSA) is 86.6 Å². The van der Waals surface area contributed by atoms with Crippen molar-refractivity contribution in [1.82, 2.24) is 5.32 Å². The summed E-state index contributed by atoms with van der Waals surface area (Å²) < 4.78 is 0.354. The van der Waals surface area contributed by atoms with Gasteiger partial charge in [-0.05, 0) is 60.3 Å². The predicted octanol–water partition coefficient (Wildman–Crippen LogP) is 2.18. The number of carbonyl (C=O) groups excluding carboxylic acids is 1. The van der Waals surface area contributed by atoms with E-state index in [4.69, 9.17) is 5.11 Å². The van der Waals surface area contributed by atoms with Crippen LogP contribution in [0.5, 0.6) is 0 Å². The number of hydrogen-bond acceptors (Lipinski definition) is 3. The summed E-state index contributed by atoms with van der Waals surface area (Å²) in [6, 6.07) is 3.98. The van der Waals surface area contributed by atoms with Gasteiger partial charge in [-0.3, -0.25) is 4.79 Å². The molecule has 0 aliphatic heterocycles. The number of nitrogens with one attached hydrogen (secondary N) is 1. The Bertz CT molecular complexity index is 554. The number of benzene rings is 1. The molecular weight excluding hydrogens is 326 g/mol. The highest BCUT2D eigenvalue weighted by atomic mass is 79.9. The van der Waals surface area contributed by atoms with Crippen LogP contribution in [0.4, 0.5) is 0 Å². The second-order valence-corrected chi connectivity index (χ2v) is 6.01. The van der Waals surface area contributed by atoms with Gasteiger partial charge in [0, 0.05) is 10.0 Å². The van der Waals surface area contributed by atoms with Crippen LogP contribution in [-0.4, -0.2) is 33.7 Å². The largest absolute Gasteiger partial charge is 0.478 e. The molecule has 1 amide bonds. The molecule has 1 aromatic rings. The Hall–Kier alpha value is -1.40. The van der Waals surface area contributed by atoms with Crippen molar-refractivity contribution in [2.45, 2.75) is 37.8 Å². The van der Waals surface area contributed by atoms with Gasteiger partial charge >= 0.3 is 5.97 Å². The van der Waals surface area contributed by atoms with Gasteiger partial charge in [-0.2, -0.15) is 0 Å². The summed E-state index contributed by atoms with van der Waals surface area (Å²) in [5, 5.41) is 21.8. The highest BCUT2D eigenvalue weighted by Gasteiger charge is 2.40. The van der Waals surface area contributed by atoms with Gasteiger partial charge in [0.15, 0.2) is 0 Å². The van der Waals surface area contributed by atoms with Crippen molar-refractivity contribution in [3.8, 4) is 0 Å². The molecule has 20 heavy (non-hydrogen) atoms. The summed E-state index contributed by atoms with van der Waals surface area (Å²) in [5.74, 6) is -1.38. The number of carbonyl (C=O) groups is 2. The first-order valence-corrected chi connectivity index (χ1v) is 7.19. The van der Waals surface area contributed by atoms with Crippen LogP contribution in [0.15, 0.2) is 22.7 Å². The zero-order valence-electron chi connectivity index (χ0n) is 11.0. The van der Waals surface area contributed by atoms with E-state index < -0.39 is 11.6 Å². The number of carboxylic acids is 1. The molecular formula is C14H16BrNO4. The number of carboxylic acid groups (broad SMARTS) is 1. The van der Waals surface area contributed by atoms with Crippen molar-refractivity contribution in [3.05, 3.63) is 33.8 Å². The molecule has 5 nitrogen and oxygen atoms in total. The minimum atomic E-state index is -1.05. The van der Waals surface area contributed by atoms with Crippen LogP contribution < -0.4 is 5.32 Å². The Morgan fingerprint density at radius 3 is 2.50 bits per heavy atom. The smallest absolute Gasteiger partial charge is 0.336 e. The van der Waals surface area contributed by atoms with E-state index in [0.29, 0.717) is 22.9 Å². The van der Waals surface area contributed by atoms with Gasteiger partial charge in [-0.1, -0.05) is 0 Å². The fourth-order valence-electron chi connectivity index (χ4n) is 2.22. The number of rotatable bonds is 4. The lowest BCUT2D eigenvalue weighted by atomic mass is 9.75. The third-order valence-electron chi connectivity index (χ3n) is 3.83. The molecule has 1 atom stereocenters. The van der Waals surface area contributed by atoms with Gasteiger partial charge in [0.2, 0.25) is 0 Å². The van der Waals surface area contributed by atoms with Crippen LogP contribution in [0.25, 0.3) is 0 Å². The Morgan fingerprint density at radius 2 is 2.05 bits per heavy atom. The molecule has 3 N–H and O–H groups in total. The monoisotopic (exact) mass is 341 g/mol. The molecule has 108 valence electrons. The van der Waals surface area contributed by atoms with Crippen LogP contribution in [0.1, 0.15) is 46.9 Å². The summed E-state index contributed by atoms with van der Waals surface area (Å²) in [4.78, 5) is 23.0. The van der Waals surface area contributed by atoms with E-state index in [2.05, 4.69) is 21.2 Å². The van der Waals surface area contributed by atoms with E-state index in [1.807, 2.05) is 0 Å². The van der Waals surface area contributed by atoms with E-state index in [0.717, 1.165) is 6.42 Å². The van der Waals surface area contributed by atoms with E-state index in [1.54, 1.807) is 6.92 Å². The van der Waals surface area contributed by atoms with Gasteiger partial charge in [0.1, 0.15) is 0 Å². The fourth-order valence-corrected chi connectivity index (χ4v) is 2.76. The van der Waals surface area contributed by atoms with E-state index in [-0.39, 0.29) is 17.5 Å². The van der Waals surface area contributed by atoms with Crippen molar-refractivity contribution >= 4 is 27.8 Å². The highest BCUT2D eigenvalue weighted by molar-refractivity contribution is 9.10. The van der Waals surface area contributed by atoms with Gasteiger partial charge in [0.05, 0.1) is 17.2 Å². The molecule has 0 aromatic heterocycles. The third-order valence-corrected chi connectivity index (χ3v) is 4.49. The van der Waals surface area contributed by atoms with Crippen LogP contribution in [0.3, 0.4) is 0 Å². The number of aliphatic hydroxyl groups is 1. The SMILES string of the molecule is CC(NC(=O)c1ccc(C(=O)O)c(Br)c1)C1(O)CCC1. The fraction of sp³-hybridized carbons (Fsp3) is 0.429. The number of amides is 1. The van der Waals surface area contributed by atoms with Crippen molar-refractivity contribution in [1.29, 1.82) is 0 Å². The summed E-state index contributed by atoms with van der Waals surface area (Å²) in [6.45, 7) is 1.78.